The molecule has 0 saturated carbocycles. The topological polar surface area (TPSA) is 37.8 Å². The molecule has 108 valence electrons. The van der Waals surface area contributed by atoms with Crippen LogP contribution in [-0.4, -0.2) is 16.1 Å². The molecule has 0 radical (unpaired) electrons. The molecular weight excluding hydrogens is 266 g/mol. The summed E-state index contributed by atoms with van der Waals surface area (Å²) in [6.07, 6.45) is 3.13. The molecule has 2 rings (SSSR count). The van der Waals surface area contributed by atoms with Crippen LogP contribution in [0.25, 0.3) is 0 Å². The maximum atomic E-state index is 4.25. The first kappa shape index (κ1) is 15.1. The Morgan fingerprint density at radius 1 is 1.10 bits per heavy atom. The molecule has 1 aromatic heterocycles. The summed E-state index contributed by atoms with van der Waals surface area (Å²) in [6, 6.07) is 9.11. The first-order valence-corrected chi connectivity index (χ1v) is 8.20. The fourth-order valence-electron chi connectivity index (χ4n) is 2.28. The summed E-state index contributed by atoms with van der Waals surface area (Å²) in [4.78, 5) is 1.25. The molecule has 0 aliphatic rings. The molecule has 4 heteroatoms. The van der Waals surface area contributed by atoms with Crippen molar-refractivity contribution in [1.82, 2.24) is 14.9 Å². The van der Waals surface area contributed by atoms with Crippen LogP contribution in [0.5, 0.6) is 0 Å². The second kappa shape index (κ2) is 7.50. The quantitative estimate of drug-likeness (QED) is 0.843. The van der Waals surface area contributed by atoms with Crippen molar-refractivity contribution in [3.8, 4) is 0 Å². The van der Waals surface area contributed by atoms with Crippen LogP contribution in [0.1, 0.15) is 54.9 Å². The third-order valence-corrected chi connectivity index (χ3v) is 4.33. The first-order valence-electron chi connectivity index (χ1n) is 7.43. The van der Waals surface area contributed by atoms with Gasteiger partial charge in [0.1, 0.15) is 0 Å². The van der Waals surface area contributed by atoms with Gasteiger partial charge in [-0.25, -0.2) is 0 Å². The van der Waals surface area contributed by atoms with Gasteiger partial charge in [-0.2, -0.15) is 0 Å². The van der Waals surface area contributed by atoms with Crippen molar-refractivity contribution in [2.24, 2.45) is 0 Å². The van der Waals surface area contributed by atoms with Gasteiger partial charge in [0.2, 0.25) is 0 Å². The summed E-state index contributed by atoms with van der Waals surface area (Å²) >= 11 is 1.51. The van der Waals surface area contributed by atoms with E-state index in [4.69, 9.17) is 0 Å². The minimum absolute atomic E-state index is 0.218. The van der Waals surface area contributed by atoms with Crippen molar-refractivity contribution >= 4 is 11.5 Å². The van der Waals surface area contributed by atoms with Crippen LogP contribution < -0.4 is 5.32 Å². The van der Waals surface area contributed by atoms with E-state index in [1.807, 2.05) is 0 Å². The molecule has 1 atom stereocenters. The van der Waals surface area contributed by atoms with Crippen LogP contribution in [0.15, 0.2) is 24.3 Å². The Balaban J connectivity index is 2.30. The molecule has 1 N–H and O–H groups in total. The monoisotopic (exact) mass is 289 g/mol. The molecule has 0 aliphatic heterocycles. The Morgan fingerprint density at radius 3 is 2.45 bits per heavy atom. The smallest absolute Gasteiger partial charge is 0.0804 e. The Kier molecular flexibility index (Phi) is 5.68. The summed E-state index contributed by atoms with van der Waals surface area (Å²) in [5.41, 5.74) is 3.79. The Labute approximate surface area is 125 Å². The van der Waals surface area contributed by atoms with Gasteiger partial charge in [0, 0.05) is 0 Å². The van der Waals surface area contributed by atoms with Crippen LogP contribution in [-0.2, 0) is 12.8 Å². The molecule has 0 saturated heterocycles. The molecular formula is C16H23N3S. The van der Waals surface area contributed by atoms with Crippen LogP contribution in [0, 0.1) is 0 Å². The van der Waals surface area contributed by atoms with E-state index < -0.39 is 0 Å². The summed E-state index contributed by atoms with van der Waals surface area (Å²) in [5, 5.41) is 7.88. The van der Waals surface area contributed by atoms with E-state index in [0.717, 1.165) is 31.5 Å². The largest absolute Gasteiger partial charge is 0.305 e. The molecule has 0 amide bonds. The SMILES string of the molecule is CCCNC(c1ccc(CC)cc1)c1snnc1CC. The van der Waals surface area contributed by atoms with Crippen molar-refractivity contribution in [2.45, 2.75) is 46.1 Å². The van der Waals surface area contributed by atoms with E-state index in [9.17, 15) is 0 Å². The molecule has 1 aromatic carbocycles. The second-order valence-corrected chi connectivity index (χ2v) is 5.71. The molecule has 0 aliphatic carbocycles. The van der Waals surface area contributed by atoms with Crippen LogP contribution in [0.4, 0.5) is 0 Å². The van der Waals surface area contributed by atoms with Gasteiger partial charge < -0.3 is 5.32 Å². The van der Waals surface area contributed by atoms with Crippen molar-refractivity contribution in [1.29, 1.82) is 0 Å². The summed E-state index contributed by atoms with van der Waals surface area (Å²) in [5.74, 6) is 0. The Morgan fingerprint density at radius 2 is 1.85 bits per heavy atom. The zero-order valence-corrected chi connectivity index (χ0v) is 13.3. The number of nitrogens with zero attached hydrogens (tertiary/aromatic N) is 2. The standard InChI is InChI=1S/C16H23N3S/c1-4-11-17-15(16-14(6-3)18-19-20-16)13-9-7-12(5-2)8-10-13/h7-10,15,17H,4-6,11H2,1-3H3. The Bertz CT molecular complexity index is 519. The lowest BCUT2D eigenvalue weighted by Crippen LogP contribution is -2.23. The highest BCUT2D eigenvalue weighted by Gasteiger charge is 2.19. The van der Waals surface area contributed by atoms with Gasteiger partial charge in [0.25, 0.3) is 0 Å². The molecule has 0 fully saturated rings. The second-order valence-electron chi connectivity index (χ2n) is 4.92. The summed E-state index contributed by atoms with van der Waals surface area (Å²) in [7, 11) is 0. The van der Waals surface area contributed by atoms with Crippen molar-refractivity contribution in [3.05, 3.63) is 46.0 Å². The maximum absolute atomic E-state index is 4.25. The average Bonchev–Trinajstić information content (AvgIpc) is 2.96. The average molecular weight is 289 g/mol. The van der Waals surface area contributed by atoms with Gasteiger partial charge in [-0.3, -0.25) is 0 Å². The molecule has 1 unspecified atom stereocenters. The number of rotatable bonds is 7. The van der Waals surface area contributed by atoms with Crippen molar-refractivity contribution in [2.75, 3.05) is 6.54 Å². The fourth-order valence-corrected chi connectivity index (χ4v) is 3.12. The van der Waals surface area contributed by atoms with E-state index in [1.165, 1.54) is 27.5 Å². The lowest BCUT2D eigenvalue weighted by atomic mass is 10.0. The number of aromatic nitrogens is 2. The van der Waals surface area contributed by atoms with Gasteiger partial charge >= 0.3 is 0 Å². The van der Waals surface area contributed by atoms with Gasteiger partial charge in [0.15, 0.2) is 0 Å². The van der Waals surface area contributed by atoms with E-state index in [1.54, 1.807) is 0 Å². The van der Waals surface area contributed by atoms with E-state index >= 15 is 0 Å². The molecule has 0 spiro atoms. The van der Waals surface area contributed by atoms with Gasteiger partial charge in [-0.1, -0.05) is 49.5 Å². The molecule has 20 heavy (non-hydrogen) atoms. The van der Waals surface area contributed by atoms with Crippen LogP contribution in [0.3, 0.4) is 0 Å². The molecule has 2 aromatic rings. The van der Waals surface area contributed by atoms with Gasteiger partial charge in [-0.05, 0) is 48.5 Å². The number of aryl methyl sites for hydroxylation is 2. The Hall–Kier alpha value is -1.26. The summed E-state index contributed by atoms with van der Waals surface area (Å²) < 4.78 is 4.13. The van der Waals surface area contributed by atoms with Gasteiger partial charge in [-0.15, -0.1) is 5.10 Å². The predicted molar refractivity (Wildman–Crippen MR) is 85.2 cm³/mol. The fraction of sp³-hybridized carbons (Fsp3) is 0.500. The lowest BCUT2D eigenvalue weighted by molar-refractivity contribution is 0.600. The third kappa shape index (κ3) is 3.44. The first-order chi connectivity index (χ1) is 9.80. The van der Waals surface area contributed by atoms with E-state index in [0.29, 0.717) is 0 Å². The van der Waals surface area contributed by atoms with Crippen molar-refractivity contribution in [3.63, 3.8) is 0 Å². The minimum atomic E-state index is 0.218. The van der Waals surface area contributed by atoms with Crippen LogP contribution in [0.2, 0.25) is 0 Å². The number of hydrogen-bond acceptors (Lipinski definition) is 4. The number of benzene rings is 1. The summed E-state index contributed by atoms with van der Waals surface area (Å²) in [6.45, 7) is 7.51. The van der Waals surface area contributed by atoms with Crippen LogP contribution >= 0.6 is 11.5 Å². The maximum Gasteiger partial charge on any atom is 0.0804 e. The molecule has 0 bridgehead atoms. The highest BCUT2D eigenvalue weighted by atomic mass is 32.1. The normalized spacial score (nSPS) is 12.6. The predicted octanol–water partition coefficient (Wildman–Crippen LogP) is 3.75. The van der Waals surface area contributed by atoms with Crippen molar-refractivity contribution < 1.29 is 0 Å². The molecule has 3 nitrogen and oxygen atoms in total. The highest BCUT2D eigenvalue weighted by Crippen LogP contribution is 2.27. The highest BCUT2D eigenvalue weighted by molar-refractivity contribution is 7.05. The zero-order chi connectivity index (χ0) is 14.4. The molecule has 1 heterocycles. The zero-order valence-electron chi connectivity index (χ0n) is 12.5. The van der Waals surface area contributed by atoms with E-state index in [-0.39, 0.29) is 6.04 Å². The lowest BCUT2D eigenvalue weighted by Gasteiger charge is -2.18. The minimum Gasteiger partial charge on any atom is -0.305 e. The third-order valence-electron chi connectivity index (χ3n) is 3.50. The number of nitrogens with one attached hydrogen (secondary N) is 1. The number of hydrogen-bond donors (Lipinski definition) is 1. The van der Waals surface area contributed by atoms with E-state index in [2.05, 4.69) is 59.9 Å². The van der Waals surface area contributed by atoms with Gasteiger partial charge in [0.05, 0.1) is 16.6 Å².